The summed E-state index contributed by atoms with van der Waals surface area (Å²) in [7, 11) is 0. The van der Waals surface area contributed by atoms with E-state index in [-0.39, 0.29) is 0 Å². The van der Waals surface area contributed by atoms with Crippen molar-refractivity contribution in [3.05, 3.63) is 77.5 Å². The number of hydrogen-bond donors (Lipinski definition) is 2. The first kappa shape index (κ1) is 18.6. The fourth-order valence-electron chi connectivity index (χ4n) is 2.79. The summed E-state index contributed by atoms with van der Waals surface area (Å²) in [5.41, 5.74) is 4.90. The standard InChI is InChI=1S/C21H26N6/c1-4-23-21(26-14-19-7-5-16(2)11-17(19)3)25-13-18-6-8-20(24-12-18)27-10-9-22-15-27/h5-12,15H,4,13-14H2,1-3H3,(H2,23,25,26). The summed E-state index contributed by atoms with van der Waals surface area (Å²) >= 11 is 0. The van der Waals surface area contributed by atoms with Gasteiger partial charge in [-0.15, -0.1) is 0 Å². The van der Waals surface area contributed by atoms with E-state index < -0.39 is 0 Å². The van der Waals surface area contributed by atoms with Gasteiger partial charge in [0, 0.05) is 31.7 Å². The van der Waals surface area contributed by atoms with Crippen LogP contribution in [0.3, 0.4) is 0 Å². The second-order valence-corrected chi connectivity index (χ2v) is 6.47. The minimum absolute atomic E-state index is 0.569. The summed E-state index contributed by atoms with van der Waals surface area (Å²) in [5, 5.41) is 6.70. The number of aromatic nitrogens is 3. The molecule has 0 saturated carbocycles. The number of nitrogens with zero attached hydrogens (tertiary/aromatic N) is 4. The molecule has 0 spiro atoms. The molecule has 6 heteroatoms. The van der Waals surface area contributed by atoms with E-state index in [9.17, 15) is 0 Å². The molecule has 0 amide bonds. The van der Waals surface area contributed by atoms with Crippen molar-refractivity contribution in [3.63, 3.8) is 0 Å². The molecule has 0 aliphatic carbocycles. The van der Waals surface area contributed by atoms with E-state index in [4.69, 9.17) is 0 Å². The Bertz CT molecular complexity index is 882. The highest BCUT2D eigenvalue weighted by molar-refractivity contribution is 5.79. The molecule has 0 aliphatic heterocycles. The molecular weight excluding hydrogens is 336 g/mol. The van der Waals surface area contributed by atoms with Gasteiger partial charge in [-0.2, -0.15) is 0 Å². The van der Waals surface area contributed by atoms with Gasteiger partial charge in [0.1, 0.15) is 12.1 Å². The number of pyridine rings is 1. The van der Waals surface area contributed by atoms with Crippen molar-refractivity contribution in [1.82, 2.24) is 25.2 Å². The van der Waals surface area contributed by atoms with E-state index in [0.29, 0.717) is 6.54 Å². The number of nitrogens with one attached hydrogen (secondary N) is 2. The summed E-state index contributed by atoms with van der Waals surface area (Å²) in [6.07, 6.45) is 7.21. The lowest BCUT2D eigenvalue weighted by atomic mass is 10.1. The lowest BCUT2D eigenvalue weighted by molar-refractivity contribution is 0.811. The highest BCUT2D eigenvalue weighted by atomic mass is 15.2. The van der Waals surface area contributed by atoms with Crippen LogP contribution in [-0.4, -0.2) is 27.0 Å². The van der Waals surface area contributed by atoms with Crippen LogP contribution >= 0.6 is 0 Å². The summed E-state index contributed by atoms with van der Waals surface area (Å²) in [6, 6.07) is 10.5. The van der Waals surface area contributed by atoms with Crippen molar-refractivity contribution in [1.29, 1.82) is 0 Å². The molecule has 3 aromatic rings. The van der Waals surface area contributed by atoms with Crippen molar-refractivity contribution in [2.24, 2.45) is 4.99 Å². The maximum absolute atomic E-state index is 4.67. The highest BCUT2D eigenvalue weighted by Gasteiger charge is 2.02. The molecule has 0 aliphatic rings. The monoisotopic (exact) mass is 362 g/mol. The summed E-state index contributed by atoms with van der Waals surface area (Å²) in [5.74, 6) is 1.65. The van der Waals surface area contributed by atoms with Crippen LogP contribution in [0.5, 0.6) is 0 Å². The number of rotatable bonds is 6. The zero-order chi connectivity index (χ0) is 19.1. The van der Waals surface area contributed by atoms with Crippen LogP contribution in [0.2, 0.25) is 0 Å². The first-order valence-electron chi connectivity index (χ1n) is 9.17. The van der Waals surface area contributed by atoms with Crippen LogP contribution in [0.4, 0.5) is 0 Å². The topological polar surface area (TPSA) is 67.1 Å². The van der Waals surface area contributed by atoms with Crippen molar-refractivity contribution in [2.75, 3.05) is 6.54 Å². The van der Waals surface area contributed by atoms with E-state index in [2.05, 4.69) is 64.6 Å². The van der Waals surface area contributed by atoms with E-state index in [1.807, 2.05) is 29.1 Å². The zero-order valence-corrected chi connectivity index (χ0v) is 16.1. The van der Waals surface area contributed by atoms with Crippen molar-refractivity contribution in [2.45, 2.75) is 33.9 Å². The van der Waals surface area contributed by atoms with Gasteiger partial charge in [-0.25, -0.2) is 15.0 Å². The molecule has 0 radical (unpaired) electrons. The lowest BCUT2D eigenvalue weighted by Crippen LogP contribution is -2.36. The van der Waals surface area contributed by atoms with Gasteiger partial charge in [0.15, 0.2) is 5.96 Å². The van der Waals surface area contributed by atoms with Gasteiger partial charge in [-0.1, -0.05) is 29.8 Å². The van der Waals surface area contributed by atoms with E-state index in [1.165, 1.54) is 16.7 Å². The van der Waals surface area contributed by atoms with Crippen LogP contribution in [0, 0.1) is 13.8 Å². The second kappa shape index (κ2) is 8.98. The molecule has 3 rings (SSSR count). The van der Waals surface area contributed by atoms with Gasteiger partial charge in [0.05, 0.1) is 6.54 Å². The van der Waals surface area contributed by atoms with Crippen LogP contribution in [-0.2, 0) is 13.1 Å². The number of hydrogen-bond acceptors (Lipinski definition) is 3. The van der Waals surface area contributed by atoms with Gasteiger partial charge >= 0.3 is 0 Å². The molecule has 140 valence electrons. The summed E-state index contributed by atoms with van der Waals surface area (Å²) < 4.78 is 1.88. The Morgan fingerprint density at radius 2 is 2.04 bits per heavy atom. The van der Waals surface area contributed by atoms with Crippen molar-refractivity contribution >= 4 is 5.96 Å². The normalized spacial score (nSPS) is 11.4. The van der Waals surface area contributed by atoms with Gasteiger partial charge in [0.2, 0.25) is 0 Å². The minimum Gasteiger partial charge on any atom is -0.357 e. The largest absolute Gasteiger partial charge is 0.357 e. The maximum Gasteiger partial charge on any atom is 0.191 e. The van der Waals surface area contributed by atoms with Crippen LogP contribution in [0.15, 0.2) is 60.2 Å². The number of aryl methyl sites for hydroxylation is 2. The third-order valence-corrected chi connectivity index (χ3v) is 4.29. The Balaban J connectivity index is 1.63. The second-order valence-electron chi connectivity index (χ2n) is 6.47. The first-order valence-corrected chi connectivity index (χ1v) is 9.17. The molecule has 0 fully saturated rings. The SMILES string of the molecule is CCNC(=NCc1ccc(-n2ccnc2)nc1)NCc1ccc(C)cc1C. The van der Waals surface area contributed by atoms with E-state index in [0.717, 1.165) is 30.4 Å². The predicted molar refractivity (Wildman–Crippen MR) is 109 cm³/mol. The fraction of sp³-hybridized carbons (Fsp3) is 0.286. The van der Waals surface area contributed by atoms with Gasteiger partial charge < -0.3 is 10.6 Å². The maximum atomic E-state index is 4.67. The molecule has 2 heterocycles. The molecule has 1 aromatic carbocycles. The Hall–Kier alpha value is -3.15. The summed E-state index contributed by atoms with van der Waals surface area (Å²) in [6.45, 7) is 8.45. The minimum atomic E-state index is 0.569. The van der Waals surface area contributed by atoms with E-state index >= 15 is 0 Å². The Labute approximate surface area is 160 Å². The number of imidazole rings is 1. The molecule has 0 unspecified atom stereocenters. The van der Waals surface area contributed by atoms with Crippen molar-refractivity contribution < 1.29 is 0 Å². The van der Waals surface area contributed by atoms with Crippen molar-refractivity contribution in [3.8, 4) is 5.82 Å². The average molecular weight is 362 g/mol. The molecule has 0 saturated heterocycles. The molecule has 2 aromatic heterocycles. The number of aliphatic imine (C=N–C) groups is 1. The average Bonchev–Trinajstić information content (AvgIpc) is 3.20. The molecule has 0 bridgehead atoms. The predicted octanol–water partition coefficient (Wildman–Crippen LogP) is 3.14. The quantitative estimate of drug-likeness (QED) is 0.522. The third-order valence-electron chi connectivity index (χ3n) is 4.29. The highest BCUT2D eigenvalue weighted by Crippen LogP contribution is 2.10. The molecule has 27 heavy (non-hydrogen) atoms. The lowest BCUT2D eigenvalue weighted by Gasteiger charge is -2.13. The molecule has 6 nitrogen and oxygen atoms in total. The Morgan fingerprint density at radius 1 is 1.15 bits per heavy atom. The molecular formula is C21H26N6. The number of guanidine groups is 1. The zero-order valence-electron chi connectivity index (χ0n) is 16.1. The Kier molecular flexibility index (Phi) is 6.20. The van der Waals surface area contributed by atoms with Crippen LogP contribution in [0.25, 0.3) is 5.82 Å². The molecule has 0 atom stereocenters. The number of benzene rings is 1. The third kappa shape index (κ3) is 5.17. The fourth-order valence-corrected chi connectivity index (χ4v) is 2.79. The van der Waals surface area contributed by atoms with Crippen LogP contribution in [0.1, 0.15) is 29.2 Å². The summed E-state index contributed by atoms with van der Waals surface area (Å²) in [4.78, 5) is 13.2. The Morgan fingerprint density at radius 3 is 2.70 bits per heavy atom. The van der Waals surface area contributed by atoms with Gasteiger partial charge in [-0.3, -0.25) is 4.57 Å². The smallest absolute Gasteiger partial charge is 0.191 e. The van der Waals surface area contributed by atoms with Gasteiger partial charge in [0.25, 0.3) is 0 Å². The van der Waals surface area contributed by atoms with Gasteiger partial charge in [-0.05, 0) is 43.5 Å². The van der Waals surface area contributed by atoms with Crippen LogP contribution < -0.4 is 10.6 Å². The first-order chi connectivity index (χ1) is 13.2. The molecule has 2 N–H and O–H groups in total. The van der Waals surface area contributed by atoms with E-state index in [1.54, 1.807) is 12.5 Å².